The van der Waals surface area contributed by atoms with Crippen LogP contribution in [0.5, 0.6) is 0 Å². The van der Waals surface area contributed by atoms with Crippen molar-refractivity contribution in [2.24, 2.45) is 11.8 Å². The number of rotatable bonds is 3. The Morgan fingerprint density at radius 2 is 2.38 bits per heavy atom. The number of hydrogen-bond donors (Lipinski definition) is 0. The van der Waals surface area contributed by atoms with Crippen LogP contribution in [0.3, 0.4) is 0 Å². The maximum absolute atomic E-state index is 11.0. The minimum Gasteiger partial charge on any atom is -0.469 e. The molecule has 0 bridgehead atoms. The molecule has 2 nitrogen and oxygen atoms in total. The summed E-state index contributed by atoms with van der Waals surface area (Å²) in [5.74, 6) is 1.01. The fourth-order valence-corrected chi connectivity index (χ4v) is 1.99. The van der Waals surface area contributed by atoms with Gasteiger partial charge in [-0.1, -0.05) is 19.8 Å². The molecule has 0 saturated heterocycles. The third kappa shape index (κ3) is 3.37. The normalized spacial score (nSPS) is 21.1. The Balaban J connectivity index is 2.28. The van der Waals surface area contributed by atoms with E-state index in [2.05, 4.69) is 18.1 Å². The number of methoxy groups -OCH3 is 1. The molecule has 1 aliphatic carbocycles. The molecule has 1 rings (SSSR count). The Morgan fingerprint density at radius 1 is 1.62 bits per heavy atom. The van der Waals surface area contributed by atoms with Crippen LogP contribution in [0.4, 0.5) is 0 Å². The van der Waals surface area contributed by atoms with Crippen molar-refractivity contribution in [1.82, 2.24) is 0 Å². The molecule has 0 aromatic rings. The molecule has 0 heterocycles. The second-order valence-corrected chi connectivity index (χ2v) is 3.94. The van der Waals surface area contributed by atoms with Crippen LogP contribution in [0.25, 0.3) is 0 Å². The fraction of sp³-hybridized carbons (Fsp3) is 0.818. The molecule has 1 radical (unpaired) electrons. The topological polar surface area (TPSA) is 26.3 Å². The van der Waals surface area contributed by atoms with Gasteiger partial charge in [-0.25, -0.2) is 0 Å². The molecule has 75 valence electrons. The van der Waals surface area contributed by atoms with Crippen molar-refractivity contribution < 1.29 is 9.53 Å². The van der Waals surface area contributed by atoms with Crippen LogP contribution < -0.4 is 0 Å². The van der Waals surface area contributed by atoms with E-state index in [9.17, 15) is 4.79 Å². The highest BCUT2D eigenvalue weighted by atomic mass is 16.5. The molecule has 0 spiro atoms. The van der Waals surface area contributed by atoms with Gasteiger partial charge in [0.25, 0.3) is 0 Å². The van der Waals surface area contributed by atoms with E-state index in [1.54, 1.807) is 0 Å². The Morgan fingerprint density at radius 3 is 2.92 bits per heavy atom. The number of carbonyl (C=O) groups excluding carboxylic acids is 1. The summed E-state index contributed by atoms with van der Waals surface area (Å²) in [5.41, 5.74) is 0. The molecule has 0 amide bonds. The standard InChI is InChI=1S/C11H19O2/c1-9(8-11(12)13-2)10-6-4-3-5-7-10/h6,9-10H,3-5,7-8H2,1-2H3. The first-order valence-electron chi connectivity index (χ1n) is 5.14. The SMILES string of the molecule is COC(=O)CC(C)C1[CH]CCCC1. The molecule has 1 aliphatic rings. The van der Waals surface area contributed by atoms with Crippen molar-refractivity contribution in [3.8, 4) is 0 Å². The summed E-state index contributed by atoms with van der Waals surface area (Å²) in [6.45, 7) is 2.14. The highest BCUT2D eigenvalue weighted by molar-refractivity contribution is 5.69. The van der Waals surface area contributed by atoms with E-state index in [0.717, 1.165) is 0 Å². The van der Waals surface area contributed by atoms with E-state index < -0.39 is 0 Å². The van der Waals surface area contributed by atoms with Crippen LogP contribution in [0, 0.1) is 18.3 Å². The number of hydrogen-bond acceptors (Lipinski definition) is 2. The molecule has 0 aliphatic heterocycles. The summed E-state index contributed by atoms with van der Waals surface area (Å²) in [6.07, 6.45) is 8.04. The third-order valence-corrected chi connectivity index (χ3v) is 2.91. The summed E-state index contributed by atoms with van der Waals surface area (Å²) in [4.78, 5) is 11.0. The summed E-state index contributed by atoms with van der Waals surface area (Å²) >= 11 is 0. The predicted molar refractivity (Wildman–Crippen MR) is 52.1 cm³/mol. The zero-order valence-electron chi connectivity index (χ0n) is 8.58. The van der Waals surface area contributed by atoms with Gasteiger partial charge in [-0.2, -0.15) is 0 Å². The Hall–Kier alpha value is -0.530. The van der Waals surface area contributed by atoms with Crippen LogP contribution in [0.1, 0.15) is 39.0 Å². The smallest absolute Gasteiger partial charge is 0.305 e. The fourth-order valence-electron chi connectivity index (χ4n) is 1.99. The Kier molecular flexibility index (Phi) is 4.26. The van der Waals surface area contributed by atoms with E-state index in [-0.39, 0.29) is 5.97 Å². The van der Waals surface area contributed by atoms with Crippen molar-refractivity contribution in [2.45, 2.75) is 39.0 Å². The molecule has 2 unspecified atom stereocenters. The van der Waals surface area contributed by atoms with E-state index in [4.69, 9.17) is 0 Å². The number of ether oxygens (including phenoxy) is 1. The molecule has 0 aromatic heterocycles. The first-order valence-corrected chi connectivity index (χ1v) is 5.14. The number of carbonyl (C=O) groups is 1. The zero-order chi connectivity index (χ0) is 9.68. The van der Waals surface area contributed by atoms with Crippen molar-refractivity contribution in [2.75, 3.05) is 7.11 Å². The van der Waals surface area contributed by atoms with Crippen LogP contribution >= 0.6 is 0 Å². The molecule has 1 saturated carbocycles. The Bertz CT molecular complexity index is 159. The first kappa shape index (κ1) is 10.6. The predicted octanol–water partition coefficient (Wildman–Crippen LogP) is 2.58. The molecule has 0 N–H and O–H groups in total. The molecule has 1 fully saturated rings. The van der Waals surface area contributed by atoms with Gasteiger partial charge >= 0.3 is 5.97 Å². The van der Waals surface area contributed by atoms with Gasteiger partial charge in [0.15, 0.2) is 0 Å². The molecule has 13 heavy (non-hydrogen) atoms. The second-order valence-electron chi connectivity index (χ2n) is 3.94. The zero-order valence-corrected chi connectivity index (χ0v) is 8.58. The molecular weight excluding hydrogens is 164 g/mol. The highest BCUT2D eigenvalue weighted by Crippen LogP contribution is 2.30. The molecular formula is C11H19O2. The van der Waals surface area contributed by atoms with E-state index in [1.165, 1.54) is 32.8 Å². The summed E-state index contributed by atoms with van der Waals surface area (Å²) in [6, 6.07) is 0. The van der Waals surface area contributed by atoms with E-state index >= 15 is 0 Å². The first-order chi connectivity index (χ1) is 6.24. The van der Waals surface area contributed by atoms with Gasteiger partial charge in [-0.15, -0.1) is 0 Å². The van der Waals surface area contributed by atoms with Gasteiger partial charge in [-0.05, 0) is 31.1 Å². The third-order valence-electron chi connectivity index (χ3n) is 2.91. The largest absolute Gasteiger partial charge is 0.469 e. The van der Waals surface area contributed by atoms with Crippen LogP contribution in [0.2, 0.25) is 0 Å². The van der Waals surface area contributed by atoms with Gasteiger partial charge in [0.1, 0.15) is 0 Å². The lowest BCUT2D eigenvalue weighted by Gasteiger charge is -2.26. The second kappa shape index (κ2) is 5.25. The lowest BCUT2D eigenvalue weighted by atomic mass is 9.79. The maximum atomic E-state index is 11.0. The Labute approximate surface area is 80.7 Å². The molecule has 2 atom stereocenters. The quantitative estimate of drug-likeness (QED) is 0.629. The van der Waals surface area contributed by atoms with Crippen molar-refractivity contribution >= 4 is 5.97 Å². The van der Waals surface area contributed by atoms with Crippen LogP contribution in [-0.2, 0) is 9.53 Å². The molecule has 2 heteroatoms. The summed E-state index contributed by atoms with van der Waals surface area (Å²) in [7, 11) is 1.46. The lowest BCUT2D eigenvalue weighted by molar-refractivity contribution is -0.141. The van der Waals surface area contributed by atoms with Gasteiger partial charge in [0, 0.05) is 6.42 Å². The minimum atomic E-state index is -0.0773. The van der Waals surface area contributed by atoms with Crippen LogP contribution in [0.15, 0.2) is 0 Å². The number of esters is 1. The van der Waals surface area contributed by atoms with E-state index in [0.29, 0.717) is 18.3 Å². The van der Waals surface area contributed by atoms with Crippen molar-refractivity contribution in [3.63, 3.8) is 0 Å². The molecule has 0 aromatic carbocycles. The summed E-state index contributed by atoms with van der Waals surface area (Å²) in [5, 5.41) is 0. The monoisotopic (exact) mass is 183 g/mol. The minimum absolute atomic E-state index is 0.0773. The average Bonchev–Trinajstić information content (AvgIpc) is 2.19. The van der Waals surface area contributed by atoms with Gasteiger partial charge < -0.3 is 4.74 Å². The van der Waals surface area contributed by atoms with Crippen LogP contribution in [-0.4, -0.2) is 13.1 Å². The maximum Gasteiger partial charge on any atom is 0.305 e. The van der Waals surface area contributed by atoms with Crippen molar-refractivity contribution in [1.29, 1.82) is 0 Å². The summed E-state index contributed by atoms with van der Waals surface area (Å²) < 4.78 is 4.66. The highest BCUT2D eigenvalue weighted by Gasteiger charge is 2.22. The van der Waals surface area contributed by atoms with Gasteiger partial charge in [0.05, 0.1) is 7.11 Å². The van der Waals surface area contributed by atoms with E-state index in [1.807, 2.05) is 0 Å². The lowest BCUT2D eigenvalue weighted by Crippen LogP contribution is -2.19. The van der Waals surface area contributed by atoms with Crippen molar-refractivity contribution in [3.05, 3.63) is 6.42 Å². The van der Waals surface area contributed by atoms with Gasteiger partial charge in [0.2, 0.25) is 0 Å². The average molecular weight is 183 g/mol. The van der Waals surface area contributed by atoms with Gasteiger partial charge in [-0.3, -0.25) is 4.79 Å².